The molecule has 3 amide bonds. The number of nitrogens with zero attached hydrogens (tertiary/aromatic N) is 3. The molecule has 1 N–H and O–H groups in total. The summed E-state index contributed by atoms with van der Waals surface area (Å²) in [5, 5.41) is 9.80. The maximum absolute atomic E-state index is 11.9. The van der Waals surface area contributed by atoms with E-state index in [0.29, 0.717) is 11.1 Å². The fourth-order valence-corrected chi connectivity index (χ4v) is 3.06. The normalized spacial score (nSPS) is 16.4. The largest absolute Gasteiger partial charge is 0.416 e. The third-order valence-electron chi connectivity index (χ3n) is 2.63. The Bertz CT molecular complexity index is 546. The van der Waals surface area contributed by atoms with Crippen LogP contribution in [0.1, 0.15) is 12.8 Å². The molecule has 0 saturated carbocycles. The molecular weight excluding hydrogens is 316 g/mol. The summed E-state index contributed by atoms with van der Waals surface area (Å²) in [7, 11) is 0. The highest BCUT2D eigenvalue weighted by Crippen LogP contribution is 2.21. The summed E-state index contributed by atoms with van der Waals surface area (Å²) in [4.78, 5) is 35.8. The molecule has 2 rings (SSSR count). The zero-order valence-corrected chi connectivity index (χ0v) is 13.1. The van der Waals surface area contributed by atoms with Gasteiger partial charge in [-0.05, 0) is 6.92 Å². The molecule has 21 heavy (non-hydrogen) atoms. The Hall–Kier alpha value is -1.55. The Kier molecular flexibility index (Phi) is 5.23. The van der Waals surface area contributed by atoms with Crippen molar-refractivity contribution in [1.82, 2.24) is 20.4 Å². The second-order valence-electron chi connectivity index (χ2n) is 4.24. The second-order valence-corrected chi connectivity index (χ2v) is 6.46. The van der Waals surface area contributed by atoms with Crippen LogP contribution >= 0.6 is 23.5 Å². The molecule has 0 radical (unpaired) electrons. The van der Waals surface area contributed by atoms with E-state index < -0.39 is 5.25 Å². The lowest BCUT2D eigenvalue weighted by atomic mass is 10.4. The lowest BCUT2D eigenvalue weighted by molar-refractivity contribution is -0.125. The number of aromatic nitrogens is 2. The third kappa shape index (κ3) is 4.21. The first-order valence-corrected chi connectivity index (χ1v) is 8.05. The Morgan fingerprint density at radius 3 is 2.86 bits per heavy atom. The quantitative estimate of drug-likeness (QED) is 0.759. The summed E-state index contributed by atoms with van der Waals surface area (Å²) >= 11 is 2.13. The summed E-state index contributed by atoms with van der Waals surface area (Å²) < 4.78 is 5.18. The van der Waals surface area contributed by atoms with Gasteiger partial charge in [-0.2, -0.15) is 0 Å². The molecule has 0 aromatic carbocycles. The fourth-order valence-electron chi connectivity index (χ4n) is 1.56. The third-order valence-corrected chi connectivity index (χ3v) is 4.42. The molecule has 1 aliphatic rings. The van der Waals surface area contributed by atoms with Gasteiger partial charge in [0, 0.05) is 20.0 Å². The molecule has 1 fully saturated rings. The molecule has 1 atom stereocenters. The SMILES string of the molecule is Cc1nnc(S[C@@H](C)C(=O)NCCN2C(=O)CSC2=O)o1. The van der Waals surface area contributed by atoms with Gasteiger partial charge >= 0.3 is 0 Å². The number of aryl methyl sites for hydroxylation is 1. The molecule has 1 saturated heterocycles. The van der Waals surface area contributed by atoms with Crippen LogP contribution in [-0.2, 0) is 9.59 Å². The highest BCUT2D eigenvalue weighted by atomic mass is 32.2. The van der Waals surface area contributed by atoms with Crippen LogP contribution in [0.4, 0.5) is 4.79 Å². The predicted molar refractivity (Wildman–Crippen MR) is 76.9 cm³/mol. The smallest absolute Gasteiger partial charge is 0.288 e. The van der Waals surface area contributed by atoms with E-state index in [0.717, 1.165) is 28.4 Å². The molecule has 1 aliphatic heterocycles. The van der Waals surface area contributed by atoms with Gasteiger partial charge in [0.05, 0.1) is 11.0 Å². The molecule has 114 valence electrons. The first-order chi connectivity index (χ1) is 9.97. The minimum absolute atomic E-state index is 0.176. The van der Waals surface area contributed by atoms with Gasteiger partial charge in [-0.3, -0.25) is 19.3 Å². The first kappa shape index (κ1) is 15.8. The van der Waals surface area contributed by atoms with Crippen LogP contribution in [0, 0.1) is 6.92 Å². The van der Waals surface area contributed by atoms with Gasteiger partial charge in [0.15, 0.2) is 0 Å². The van der Waals surface area contributed by atoms with E-state index in [1.165, 1.54) is 0 Å². The monoisotopic (exact) mass is 330 g/mol. The van der Waals surface area contributed by atoms with Crippen LogP contribution in [0.15, 0.2) is 9.64 Å². The van der Waals surface area contributed by atoms with E-state index in [4.69, 9.17) is 4.42 Å². The Balaban J connectivity index is 1.74. The van der Waals surface area contributed by atoms with Crippen molar-refractivity contribution < 1.29 is 18.8 Å². The van der Waals surface area contributed by atoms with Crippen molar-refractivity contribution in [3.8, 4) is 0 Å². The van der Waals surface area contributed by atoms with Crippen LogP contribution in [0.2, 0.25) is 0 Å². The molecule has 8 nitrogen and oxygen atoms in total. The summed E-state index contributed by atoms with van der Waals surface area (Å²) in [5.74, 6) is 0.175. The molecular formula is C11H14N4O4S2. The minimum atomic E-state index is -0.413. The molecule has 0 spiro atoms. The summed E-state index contributed by atoms with van der Waals surface area (Å²) in [6, 6.07) is 0. The number of nitrogens with one attached hydrogen (secondary N) is 1. The molecule has 1 aromatic heterocycles. The van der Waals surface area contributed by atoms with Gasteiger partial charge in [0.25, 0.3) is 10.5 Å². The molecule has 1 aromatic rings. The van der Waals surface area contributed by atoms with Crippen LogP contribution in [-0.4, -0.2) is 56.2 Å². The highest BCUT2D eigenvalue weighted by molar-refractivity contribution is 8.14. The van der Waals surface area contributed by atoms with E-state index in [1.54, 1.807) is 13.8 Å². The van der Waals surface area contributed by atoms with Crippen molar-refractivity contribution >= 4 is 40.6 Å². The predicted octanol–water partition coefficient (Wildman–Crippen LogP) is 0.670. The topological polar surface area (TPSA) is 105 Å². The lowest BCUT2D eigenvalue weighted by Gasteiger charge is -2.14. The Morgan fingerprint density at radius 1 is 1.52 bits per heavy atom. The minimum Gasteiger partial charge on any atom is -0.416 e. The van der Waals surface area contributed by atoms with E-state index >= 15 is 0 Å². The van der Waals surface area contributed by atoms with E-state index in [-0.39, 0.29) is 35.9 Å². The standard InChI is InChI=1S/C11H14N4O4S2/c1-6(21-10-14-13-7(2)19-10)9(17)12-3-4-15-8(16)5-20-11(15)18/h6H,3-5H2,1-2H3,(H,12,17)/t6-/m0/s1. The van der Waals surface area contributed by atoms with E-state index in [1.807, 2.05) is 0 Å². The highest BCUT2D eigenvalue weighted by Gasteiger charge is 2.29. The second kappa shape index (κ2) is 6.94. The van der Waals surface area contributed by atoms with Gasteiger partial charge < -0.3 is 9.73 Å². The number of thioether (sulfide) groups is 2. The number of carbonyl (C=O) groups is 3. The van der Waals surface area contributed by atoms with Crippen LogP contribution in [0.3, 0.4) is 0 Å². The van der Waals surface area contributed by atoms with Crippen molar-refractivity contribution in [2.24, 2.45) is 0 Å². The summed E-state index contributed by atoms with van der Waals surface area (Å²) in [6.07, 6.45) is 0. The number of carbonyl (C=O) groups excluding carboxylic acids is 3. The zero-order valence-electron chi connectivity index (χ0n) is 11.5. The fraction of sp³-hybridized carbons (Fsp3) is 0.545. The number of hydrogen-bond donors (Lipinski definition) is 1. The summed E-state index contributed by atoms with van der Waals surface area (Å²) in [5.41, 5.74) is 0. The Morgan fingerprint density at radius 2 is 2.29 bits per heavy atom. The first-order valence-electron chi connectivity index (χ1n) is 6.19. The molecule has 10 heteroatoms. The number of rotatable bonds is 6. The molecule has 0 unspecified atom stereocenters. The maximum Gasteiger partial charge on any atom is 0.288 e. The molecule has 0 bridgehead atoms. The van der Waals surface area contributed by atoms with Gasteiger partial charge in [0.1, 0.15) is 0 Å². The number of amides is 3. The van der Waals surface area contributed by atoms with Gasteiger partial charge in [-0.15, -0.1) is 10.2 Å². The maximum atomic E-state index is 11.9. The van der Waals surface area contributed by atoms with Crippen LogP contribution in [0.5, 0.6) is 0 Å². The van der Waals surface area contributed by atoms with E-state index in [2.05, 4.69) is 15.5 Å². The van der Waals surface area contributed by atoms with Crippen molar-refractivity contribution in [2.75, 3.05) is 18.8 Å². The summed E-state index contributed by atoms with van der Waals surface area (Å²) in [6.45, 7) is 3.80. The van der Waals surface area contributed by atoms with Gasteiger partial charge in [0.2, 0.25) is 17.7 Å². The van der Waals surface area contributed by atoms with Crippen molar-refractivity contribution in [1.29, 1.82) is 0 Å². The van der Waals surface area contributed by atoms with E-state index in [9.17, 15) is 14.4 Å². The van der Waals surface area contributed by atoms with Crippen molar-refractivity contribution in [3.05, 3.63) is 5.89 Å². The zero-order chi connectivity index (χ0) is 15.4. The molecule has 2 heterocycles. The average Bonchev–Trinajstić information content (AvgIpc) is 2.98. The number of imide groups is 1. The Labute approximate surface area is 129 Å². The number of hydrogen-bond acceptors (Lipinski definition) is 8. The lowest BCUT2D eigenvalue weighted by Crippen LogP contribution is -2.39. The van der Waals surface area contributed by atoms with Crippen LogP contribution in [0.25, 0.3) is 0 Å². The van der Waals surface area contributed by atoms with Crippen molar-refractivity contribution in [2.45, 2.75) is 24.3 Å². The molecule has 0 aliphatic carbocycles. The van der Waals surface area contributed by atoms with Crippen LogP contribution < -0.4 is 5.32 Å². The van der Waals surface area contributed by atoms with Gasteiger partial charge in [-0.1, -0.05) is 23.5 Å². The van der Waals surface area contributed by atoms with Crippen molar-refractivity contribution in [3.63, 3.8) is 0 Å². The van der Waals surface area contributed by atoms with Gasteiger partial charge in [-0.25, -0.2) is 0 Å². The average molecular weight is 330 g/mol.